The average molecular weight is 579 g/mol. The van der Waals surface area contributed by atoms with Gasteiger partial charge in [-0.05, 0) is 172 Å². The van der Waals surface area contributed by atoms with E-state index in [1.165, 1.54) is 12.4 Å². The number of hydrogen-bond donors (Lipinski definition) is 4. The number of nitrogens with two attached hydrogens (primary N) is 1. The monoisotopic (exact) mass is 578 g/mol. The Morgan fingerprint density at radius 1 is 0.636 bits per heavy atom. The van der Waals surface area contributed by atoms with Crippen LogP contribution < -0.4 is 11.1 Å². The first-order valence-corrected chi connectivity index (χ1v) is 14.5. The van der Waals surface area contributed by atoms with Crippen molar-refractivity contribution in [3.8, 4) is 22.3 Å². The van der Waals surface area contributed by atoms with Gasteiger partial charge in [0, 0.05) is 19.5 Å². The molecule has 3 aromatic carbocycles. The summed E-state index contributed by atoms with van der Waals surface area (Å²) >= 11 is 0. The predicted octanol–water partition coefficient (Wildman–Crippen LogP) is 9.78. The summed E-state index contributed by atoms with van der Waals surface area (Å²) in [5.41, 5.74) is 19.1. The lowest BCUT2D eigenvalue weighted by Crippen LogP contribution is -1.94. The van der Waals surface area contributed by atoms with Crippen LogP contribution in [0, 0.1) is 17.7 Å². The molecule has 0 radical (unpaired) electrons. The van der Waals surface area contributed by atoms with Crippen LogP contribution in [0.4, 0.5) is 0 Å². The van der Waals surface area contributed by atoms with Gasteiger partial charge in [-0.25, -0.2) is 0 Å². The van der Waals surface area contributed by atoms with E-state index < -0.39 is 0 Å². The smallest absolute Gasteiger partial charge is 0.0183 e. The third kappa shape index (κ3) is 8.08. The van der Waals surface area contributed by atoms with Gasteiger partial charge in [0.1, 0.15) is 0 Å². The van der Waals surface area contributed by atoms with Crippen molar-refractivity contribution in [2.75, 3.05) is 7.05 Å². The number of benzene rings is 3. The van der Waals surface area contributed by atoms with E-state index in [4.69, 9.17) is 16.6 Å². The minimum atomic E-state index is 0.840. The number of allylic oxidation sites excluding steroid dienone is 12. The lowest BCUT2D eigenvalue weighted by atomic mass is 9.89. The van der Waals surface area contributed by atoms with Gasteiger partial charge in [0.05, 0.1) is 0 Å². The van der Waals surface area contributed by atoms with Gasteiger partial charge >= 0.3 is 0 Å². The first kappa shape index (κ1) is 33.0. The van der Waals surface area contributed by atoms with Gasteiger partial charge in [-0.2, -0.15) is 0 Å². The number of aryl methyl sites for hydroxylation is 1. The van der Waals surface area contributed by atoms with Crippen LogP contribution in [0.5, 0.6) is 0 Å². The van der Waals surface area contributed by atoms with Crippen molar-refractivity contribution in [1.82, 2.24) is 5.32 Å². The Kier molecular flexibility index (Phi) is 12.2. The Labute approximate surface area is 262 Å². The minimum absolute atomic E-state index is 0.840. The summed E-state index contributed by atoms with van der Waals surface area (Å²) in [6, 6.07) is 19.5. The van der Waals surface area contributed by atoms with Crippen LogP contribution in [0.25, 0.3) is 44.5 Å². The number of hydrogen-bond acceptors (Lipinski definition) is 4. The van der Waals surface area contributed by atoms with Gasteiger partial charge < -0.3 is 21.9 Å². The molecule has 5 N–H and O–H groups in total. The summed E-state index contributed by atoms with van der Waals surface area (Å²) in [6.07, 6.45) is 21.2. The van der Waals surface area contributed by atoms with E-state index in [2.05, 4.69) is 92.2 Å². The van der Waals surface area contributed by atoms with E-state index >= 15 is 0 Å². The van der Waals surface area contributed by atoms with Crippen LogP contribution in [0.15, 0.2) is 129 Å². The van der Waals surface area contributed by atoms with Crippen LogP contribution in [0.1, 0.15) is 41.7 Å². The quantitative estimate of drug-likeness (QED) is 0.120. The molecular weight excluding hydrogens is 536 g/mol. The molecule has 44 heavy (non-hydrogen) atoms. The van der Waals surface area contributed by atoms with Gasteiger partial charge in [-0.3, -0.25) is 0 Å². The zero-order valence-corrected chi connectivity index (χ0v) is 26.1. The van der Waals surface area contributed by atoms with Crippen molar-refractivity contribution >= 4 is 34.7 Å². The van der Waals surface area contributed by atoms with Crippen molar-refractivity contribution in [2.45, 2.75) is 20.8 Å². The van der Waals surface area contributed by atoms with Crippen molar-refractivity contribution in [3.05, 3.63) is 157 Å². The predicted molar refractivity (Wildman–Crippen MR) is 195 cm³/mol. The molecule has 0 saturated heterocycles. The minimum Gasteiger partial charge on any atom is -0.405 e. The first-order valence-electron chi connectivity index (χ1n) is 14.5. The van der Waals surface area contributed by atoms with Crippen LogP contribution in [0.2, 0.25) is 0 Å². The molecule has 0 aliphatic heterocycles. The molecule has 0 spiro atoms. The normalized spacial score (nSPS) is 12.9. The van der Waals surface area contributed by atoms with Crippen LogP contribution in [0.3, 0.4) is 0 Å². The first-order chi connectivity index (χ1) is 21.3. The molecule has 0 aromatic heterocycles. The van der Waals surface area contributed by atoms with Gasteiger partial charge in [-0.1, -0.05) is 49.6 Å². The van der Waals surface area contributed by atoms with Crippen LogP contribution >= 0.6 is 0 Å². The fraction of sp³-hybridized carbons (Fsp3) is 0.100. The van der Waals surface area contributed by atoms with Crippen molar-refractivity contribution < 1.29 is 0 Å². The van der Waals surface area contributed by atoms with E-state index in [0.717, 1.165) is 72.4 Å². The van der Waals surface area contributed by atoms with Crippen molar-refractivity contribution in [2.24, 2.45) is 5.73 Å². The largest absolute Gasteiger partial charge is 0.405 e. The Morgan fingerprint density at radius 2 is 1.05 bits per heavy atom. The molecule has 0 atom stereocenters. The maximum Gasteiger partial charge on any atom is 0.0183 e. The molecule has 0 aliphatic rings. The second-order valence-electron chi connectivity index (χ2n) is 10.1. The molecule has 0 heterocycles. The fourth-order valence-corrected chi connectivity index (χ4v) is 5.11. The Hall–Kier alpha value is -5.48. The lowest BCUT2D eigenvalue weighted by Gasteiger charge is -2.15. The van der Waals surface area contributed by atoms with Crippen molar-refractivity contribution in [3.63, 3.8) is 0 Å². The average Bonchev–Trinajstić information content (AvgIpc) is 3.04. The third-order valence-corrected chi connectivity index (χ3v) is 7.24. The van der Waals surface area contributed by atoms with Crippen LogP contribution in [-0.2, 0) is 0 Å². The molecule has 0 saturated carbocycles. The van der Waals surface area contributed by atoms with Gasteiger partial charge in [0.2, 0.25) is 0 Å². The van der Waals surface area contributed by atoms with Gasteiger partial charge in [0.25, 0.3) is 0 Å². The number of rotatable bonds is 13. The second kappa shape index (κ2) is 16.2. The van der Waals surface area contributed by atoms with Gasteiger partial charge in [0.15, 0.2) is 0 Å². The zero-order chi connectivity index (χ0) is 32.1. The van der Waals surface area contributed by atoms with E-state index in [1.807, 2.05) is 39.2 Å². The van der Waals surface area contributed by atoms with Crippen molar-refractivity contribution in [1.29, 1.82) is 10.8 Å². The topological polar surface area (TPSA) is 85.8 Å². The molecule has 4 heteroatoms. The molecule has 3 rings (SSSR count). The standard InChI is InChI=1S/C40H42N4/c1-7-29(11-15-41)35-22-36(30(8-2)12-16-42)25-39(24-35)33-19-28(5)20-34(21-33)40-26-37(31(9-3)13-17-43)23-38(27-40)32(10-4)14-18-44-6/h7-27,41-42,44H,1-2,43H2,3-6H3. The highest BCUT2D eigenvalue weighted by Crippen LogP contribution is 2.35. The summed E-state index contributed by atoms with van der Waals surface area (Å²) in [7, 11) is 1.89. The van der Waals surface area contributed by atoms with Gasteiger partial charge in [-0.15, -0.1) is 0 Å². The summed E-state index contributed by atoms with van der Waals surface area (Å²) in [4.78, 5) is 0. The number of nitrogens with one attached hydrogen (secondary N) is 3. The van der Waals surface area contributed by atoms with E-state index in [-0.39, 0.29) is 0 Å². The highest BCUT2D eigenvalue weighted by Gasteiger charge is 2.12. The summed E-state index contributed by atoms with van der Waals surface area (Å²) < 4.78 is 0. The van der Waals surface area contributed by atoms with E-state index in [9.17, 15) is 0 Å². The van der Waals surface area contributed by atoms with E-state index in [1.54, 1.807) is 30.5 Å². The molecule has 0 aliphatic carbocycles. The molecule has 0 unspecified atom stereocenters. The molecule has 0 bridgehead atoms. The Morgan fingerprint density at radius 3 is 1.41 bits per heavy atom. The third-order valence-electron chi connectivity index (χ3n) is 7.24. The molecule has 4 nitrogen and oxygen atoms in total. The SMILES string of the molecule is C=CC(=CC=N)c1cc(C(C=C)=CC=N)cc(-c2cc(C)cc(-c3cc(C(C=CN)=CC)cc(C(C=CNC)=CC)c3)c2)c1. The summed E-state index contributed by atoms with van der Waals surface area (Å²) in [6.45, 7) is 14.1. The fourth-order valence-electron chi connectivity index (χ4n) is 5.11. The Bertz CT molecular complexity index is 1690. The van der Waals surface area contributed by atoms with Crippen LogP contribution in [-0.4, -0.2) is 19.5 Å². The molecule has 222 valence electrons. The zero-order valence-electron chi connectivity index (χ0n) is 26.1. The second-order valence-corrected chi connectivity index (χ2v) is 10.1. The molecule has 0 amide bonds. The highest BCUT2D eigenvalue weighted by atomic mass is 14.8. The highest BCUT2D eigenvalue weighted by molar-refractivity contribution is 5.93. The summed E-state index contributed by atoms with van der Waals surface area (Å²) in [5.74, 6) is 0. The maximum atomic E-state index is 7.65. The molecule has 3 aromatic rings. The molecule has 0 fully saturated rings. The molecular formula is C40H42N4. The summed E-state index contributed by atoms with van der Waals surface area (Å²) in [5, 5.41) is 18.4. The lowest BCUT2D eigenvalue weighted by molar-refractivity contribution is 1.10. The Balaban J connectivity index is 2.35. The maximum absolute atomic E-state index is 7.65. The van der Waals surface area contributed by atoms with E-state index in [0.29, 0.717) is 0 Å².